The fourth-order valence-corrected chi connectivity index (χ4v) is 2.05. The first-order valence-electron chi connectivity index (χ1n) is 6.11. The largest absolute Gasteiger partial charge is 0.472 e. The predicted octanol–water partition coefficient (Wildman–Crippen LogP) is 2.53. The van der Waals surface area contributed by atoms with Crippen LogP contribution in [0.1, 0.15) is 22.6 Å². The van der Waals surface area contributed by atoms with Gasteiger partial charge in [-0.3, -0.25) is 4.90 Å². The molecule has 0 aromatic carbocycles. The first-order chi connectivity index (χ1) is 8.69. The molecular formula is C14H20N2O2. The second-order valence-electron chi connectivity index (χ2n) is 4.63. The molecule has 0 saturated heterocycles. The number of hydrogen-bond donors (Lipinski definition) is 1. The maximum atomic E-state index is 5.68. The van der Waals surface area contributed by atoms with Gasteiger partial charge in [0.1, 0.15) is 11.5 Å². The zero-order valence-corrected chi connectivity index (χ0v) is 11.2. The zero-order chi connectivity index (χ0) is 13.0. The number of nitrogens with zero attached hydrogens (tertiary/aromatic N) is 1. The molecule has 0 aliphatic rings. The Morgan fingerprint density at radius 3 is 2.83 bits per heavy atom. The molecule has 0 aliphatic heterocycles. The summed E-state index contributed by atoms with van der Waals surface area (Å²) in [4.78, 5) is 2.24. The third kappa shape index (κ3) is 3.24. The zero-order valence-electron chi connectivity index (χ0n) is 11.2. The van der Waals surface area contributed by atoms with Crippen LogP contribution in [0.5, 0.6) is 0 Å². The molecule has 2 rings (SSSR count). The summed E-state index contributed by atoms with van der Waals surface area (Å²) in [5.41, 5.74) is 2.43. The van der Waals surface area contributed by atoms with E-state index in [0.29, 0.717) is 0 Å². The molecule has 0 atom stereocenters. The van der Waals surface area contributed by atoms with E-state index in [9.17, 15) is 0 Å². The Balaban J connectivity index is 1.95. The highest BCUT2D eigenvalue weighted by Crippen LogP contribution is 2.17. The third-order valence-corrected chi connectivity index (χ3v) is 2.90. The second kappa shape index (κ2) is 5.89. The first kappa shape index (κ1) is 12.9. The number of rotatable bonds is 6. The minimum Gasteiger partial charge on any atom is -0.472 e. The highest BCUT2D eigenvalue weighted by molar-refractivity contribution is 5.21. The lowest BCUT2D eigenvalue weighted by Crippen LogP contribution is -2.16. The van der Waals surface area contributed by atoms with Gasteiger partial charge in [-0.1, -0.05) is 0 Å². The van der Waals surface area contributed by atoms with Gasteiger partial charge in [0.05, 0.1) is 19.1 Å². The van der Waals surface area contributed by atoms with Gasteiger partial charge in [-0.05, 0) is 33.2 Å². The summed E-state index contributed by atoms with van der Waals surface area (Å²) in [6.45, 7) is 4.54. The van der Waals surface area contributed by atoms with Crippen LogP contribution in [0.4, 0.5) is 0 Å². The van der Waals surface area contributed by atoms with E-state index in [0.717, 1.165) is 31.2 Å². The molecule has 1 N–H and O–H groups in total. The molecule has 4 heteroatoms. The fourth-order valence-electron chi connectivity index (χ4n) is 2.05. The molecule has 0 spiro atoms. The SMILES string of the molecule is CNCc1cc(CN(C)Cc2ccoc2)c(C)o1. The van der Waals surface area contributed by atoms with Gasteiger partial charge in [-0.2, -0.15) is 0 Å². The van der Waals surface area contributed by atoms with E-state index in [1.807, 2.05) is 20.0 Å². The maximum Gasteiger partial charge on any atom is 0.118 e. The van der Waals surface area contributed by atoms with E-state index in [4.69, 9.17) is 8.83 Å². The predicted molar refractivity (Wildman–Crippen MR) is 70.1 cm³/mol. The first-order valence-corrected chi connectivity index (χ1v) is 6.11. The lowest BCUT2D eigenvalue weighted by molar-refractivity contribution is 0.315. The van der Waals surface area contributed by atoms with Gasteiger partial charge in [-0.15, -0.1) is 0 Å². The Morgan fingerprint density at radius 2 is 2.17 bits per heavy atom. The topological polar surface area (TPSA) is 41.5 Å². The van der Waals surface area contributed by atoms with Gasteiger partial charge in [-0.25, -0.2) is 0 Å². The molecule has 18 heavy (non-hydrogen) atoms. The lowest BCUT2D eigenvalue weighted by Gasteiger charge is -2.14. The monoisotopic (exact) mass is 248 g/mol. The van der Waals surface area contributed by atoms with Crippen LogP contribution >= 0.6 is 0 Å². The van der Waals surface area contributed by atoms with Crippen LogP contribution in [0, 0.1) is 6.92 Å². The summed E-state index contributed by atoms with van der Waals surface area (Å²) in [6.07, 6.45) is 3.49. The van der Waals surface area contributed by atoms with Crippen molar-refractivity contribution in [2.45, 2.75) is 26.6 Å². The molecule has 2 heterocycles. The van der Waals surface area contributed by atoms with Crippen LogP contribution in [0.2, 0.25) is 0 Å². The van der Waals surface area contributed by atoms with Crippen molar-refractivity contribution in [1.82, 2.24) is 10.2 Å². The number of nitrogens with one attached hydrogen (secondary N) is 1. The Labute approximate surface area is 108 Å². The number of aryl methyl sites for hydroxylation is 1. The molecule has 0 unspecified atom stereocenters. The molecule has 2 aromatic heterocycles. The highest BCUT2D eigenvalue weighted by atomic mass is 16.3. The van der Waals surface area contributed by atoms with Crippen molar-refractivity contribution in [2.75, 3.05) is 14.1 Å². The quantitative estimate of drug-likeness (QED) is 0.853. The average Bonchev–Trinajstić information content (AvgIpc) is 2.91. The van der Waals surface area contributed by atoms with E-state index in [-0.39, 0.29) is 0 Å². The number of hydrogen-bond acceptors (Lipinski definition) is 4. The van der Waals surface area contributed by atoms with E-state index < -0.39 is 0 Å². The molecule has 0 amide bonds. The Hall–Kier alpha value is -1.52. The van der Waals surface area contributed by atoms with Crippen LogP contribution in [-0.2, 0) is 19.6 Å². The number of furan rings is 2. The van der Waals surface area contributed by atoms with Crippen LogP contribution in [0.3, 0.4) is 0 Å². The smallest absolute Gasteiger partial charge is 0.118 e. The van der Waals surface area contributed by atoms with Crippen LogP contribution in [-0.4, -0.2) is 19.0 Å². The van der Waals surface area contributed by atoms with Gasteiger partial charge in [0, 0.05) is 24.2 Å². The van der Waals surface area contributed by atoms with Gasteiger partial charge < -0.3 is 14.2 Å². The Morgan fingerprint density at radius 1 is 1.33 bits per heavy atom. The van der Waals surface area contributed by atoms with Gasteiger partial charge in [0.15, 0.2) is 0 Å². The average molecular weight is 248 g/mol. The summed E-state index contributed by atoms with van der Waals surface area (Å²) in [7, 11) is 4.01. The normalized spacial score (nSPS) is 11.3. The Bertz CT molecular complexity index is 474. The van der Waals surface area contributed by atoms with Crippen LogP contribution < -0.4 is 5.32 Å². The third-order valence-electron chi connectivity index (χ3n) is 2.90. The van der Waals surface area contributed by atoms with Crippen molar-refractivity contribution in [1.29, 1.82) is 0 Å². The van der Waals surface area contributed by atoms with Crippen molar-refractivity contribution in [3.05, 3.63) is 47.3 Å². The van der Waals surface area contributed by atoms with Crippen molar-refractivity contribution < 1.29 is 8.83 Å². The van der Waals surface area contributed by atoms with Crippen LogP contribution in [0.15, 0.2) is 33.5 Å². The molecule has 98 valence electrons. The summed E-state index contributed by atoms with van der Waals surface area (Å²) in [5, 5.41) is 3.09. The Kier molecular flexibility index (Phi) is 4.23. The van der Waals surface area contributed by atoms with E-state index >= 15 is 0 Å². The molecule has 2 aromatic rings. The molecule has 4 nitrogen and oxygen atoms in total. The molecule has 0 saturated carbocycles. The van der Waals surface area contributed by atoms with Gasteiger partial charge >= 0.3 is 0 Å². The summed E-state index contributed by atoms with van der Waals surface area (Å²) in [6, 6.07) is 4.11. The van der Waals surface area contributed by atoms with Crippen molar-refractivity contribution in [3.8, 4) is 0 Å². The van der Waals surface area contributed by atoms with Crippen LogP contribution in [0.25, 0.3) is 0 Å². The van der Waals surface area contributed by atoms with Crippen molar-refractivity contribution in [2.24, 2.45) is 0 Å². The minimum absolute atomic E-state index is 0.770. The molecule has 0 aliphatic carbocycles. The van der Waals surface area contributed by atoms with E-state index in [1.165, 1.54) is 11.1 Å². The summed E-state index contributed by atoms with van der Waals surface area (Å²) >= 11 is 0. The molecule has 0 fully saturated rings. The molecule has 0 radical (unpaired) electrons. The molecular weight excluding hydrogens is 228 g/mol. The molecule has 0 bridgehead atoms. The summed E-state index contributed by atoms with van der Waals surface area (Å²) in [5.74, 6) is 1.99. The minimum atomic E-state index is 0.770. The lowest BCUT2D eigenvalue weighted by atomic mass is 10.2. The van der Waals surface area contributed by atoms with Gasteiger partial charge in [0.2, 0.25) is 0 Å². The maximum absolute atomic E-state index is 5.68. The van der Waals surface area contributed by atoms with E-state index in [2.05, 4.69) is 23.3 Å². The fraction of sp³-hybridized carbons (Fsp3) is 0.429. The summed E-state index contributed by atoms with van der Waals surface area (Å²) < 4.78 is 10.8. The van der Waals surface area contributed by atoms with Crippen molar-refractivity contribution >= 4 is 0 Å². The second-order valence-corrected chi connectivity index (χ2v) is 4.63. The van der Waals surface area contributed by atoms with E-state index in [1.54, 1.807) is 12.5 Å². The highest BCUT2D eigenvalue weighted by Gasteiger charge is 2.10. The van der Waals surface area contributed by atoms with Gasteiger partial charge in [0.25, 0.3) is 0 Å². The standard InChI is InChI=1S/C14H20N2O2/c1-11-13(6-14(18-11)7-15-2)9-16(3)8-12-4-5-17-10-12/h4-6,10,15H,7-9H2,1-3H3. The van der Waals surface area contributed by atoms with Crippen molar-refractivity contribution in [3.63, 3.8) is 0 Å².